The lowest BCUT2D eigenvalue weighted by Crippen LogP contribution is -2.23. The zero-order valence-electron chi connectivity index (χ0n) is 11.7. The zero-order valence-corrected chi connectivity index (χ0v) is 11.7. The number of rotatable bonds is 5. The van der Waals surface area contributed by atoms with Gasteiger partial charge in [0, 0.05) is 6.04 Å². The Bertz CT molecular complexity index is 312. The van der Waals surface area contributed by atoms with E-state index in [2.05, 4.69) is 42.6 Å². The molecule has 0 aromatic heterocycles. The molecule has 1 aromatic carbocycles. The van der Waals surface area contributed by atoms with Crippen LogP contribution in [0.4, 0.5) is 0 Å². The molecule has 1 aromatic rings. The van der Waals surface area contributed by atoms with Crippen LogP contribution in [-0.2, 0) is 0 Å². The highest BCUT2D eigenvalue weighted by Gasteiger charge is 2.18. The molecule has 0 saturated heterocycles. The Morgan fingerprint density at radius 2 is 1.72 bits per heavy atom. The fourth-order valence-corrected chi connectivity index (χ4v) is 3.20. The van der Waals surface area contributed by atoms with Crippen molar-refractivity contribution in [1.29, 1.82) is 0 Å². The van der Waals surface area contributed by atoms with Crippen LogP contribution < -0.4 is 5.32 Å². The normalized spacial score (nSPS) is 19.4. The van der Waals surface area contributed by atoms with E-state index in [4.69, 9.17) is 0 Å². The van der Waals surface area contributed by atoms with Crippen LogP contribution >= 0.6 is 0 Å². The maximum atomic E-state index is 3.67. The molecule has 0 heterocycles. The lowest BCUT2D eigenvalue weighted by Gasteiger charge is -2.23. The van der Waals surface area contributed by atoms with Crippen LogP contribution in [-0.4, -0.2) is 6.54 Å². The first-order valence-electron chi connectivity index (χ1n) is 7.68. The predicted molar refractivity (Wildman–Crippen MR) is 78.7 cm³/mol. The SMILES string of the molecule is CCNC(CC1CCCCCC1)c1ccccc1. The summed E-state index contributed by atoms with van der Waals surface area (Å²) in [5, 5.41) is 3.67. The fourth-order valence-electron chi connectivity index (χ4n) is 3.20. The fraction of sp³-hybridized carbons (Fsp3) is 0.647. The van der Waals surface area contributed by atoms with Gasteiger partial charge in [-0.1, -0.05) is 75.8 Å². The van der Waals surface area contributed by atoms with Crippen molar-refractivity contribution in [1.82, 2.24) is 5.32 Å². The third-order valence-electron chi connectivity index (χ3n) is 4.20. The summed E-state index contributed by atoms with van der Waals surface area (Å²) in [7, 11) is 0. The molecule has 0 aliphatic heterocycles. The molecule has 18 heavy (non-hydrogen) atoms. The van der Waals surface area contributed by atoms with E-state index in [-0.39, 0.29) is 0 Å². The largest absolute Gasteiger partial charge is 0.310 e. The van der Waals surface area contributed by atoms with Crippen molar-refractivity contribution < 1.29 is 0 Å². The summed E-state index contributed by atoms with van der Waals surface area (Å²) in [5.41, 5.74) is 1.46. The number of hydrogen-bond donors (Lipinski definition) is 1. The smallest absolute Gasteiger partial charge is 0.0322 e. The quantitative estimate of drug-likeness (QED) is 0.742. The second kappa shape index (κ2) is 7.58. The van der Waals surface area contributed by atoms with Gasteiger partial charge in [-0.3, -0.25) is 0 Å². The Labute approximate surface area is 112 Å². The second-order valence-corrected chi connectivity index (χ2v) is 5.61. The highest BCUT2D eigenvalue weighted by molar-refractivity contribution is 5.18. The molecule has 1 nitrogen and oxygen atoms in total. The third kappa shape index (κ3) is 4.13. The molecule has 0 radical (unpaired) electrons. The molecule has 1 aliphatic carbocycles. The molecule has 1 fully saturated rings. The van der Waals surface area contributed by atoms with Crippen molar-refractivity contribution >= 4 is 0 Å². The molecule has 1 unspecified atom stereocenters. The topological polar surface area (TPSA) is 12.0 Å². The van der Waals surface area contributed by atoms with Crippen LogP contribution in [0.5, 0.6) is 0 Å². The Kier molecular flexibility index (Phi) is 5.73. The monoisotopic (exact) mass is 245 g/mol. The molecule has 0 bridgehead atoms. The van der Waals surface area contributed by atoms with Crippen molar-refractivity contribution in [3.05, 3.63) is 35.9 Å². The van der Waals surface area contributed by atoms with Crippen molar-refractivity contribution in [3.63, 3.8) is 0 Å². The van der Waals surface area contributed by atoms with E-state index in [1.165, 1.54) is 50.5 Å². The van der Waals surface area contributed by atoms with Crippen LogP contribution in [0.25, 0.3) is 0 Å². The van der Waals surface area contributed by atoms with Crippen LogP contribution in [0, 0.1) is 5.92 Å². The first-order chi connectivity index (χ1) is 8.90. The molecule has 0 amide bonds. The van der Waals surface area contributed by atoms with Crippen molar-refractivity contribution in [2.24, 2.45) is 5.92 Å². The predicted octanol–water partition coefficient (Wildman–Crippen LogP) is 4.70. The van der Waals surface area contributed by atoms with E-state index in [0.29, 0.717) is 6.04 Å². The standard InChI is InChI=1S/C17H27N/c1-2-18-17(16-12-8-5-9-13-16)14-15-10-6-3-4-7-11-15/h5,8-9,12-13,15,17-18H,2-4,6-7,10-11,14H2,1H3. The highest BCUT2D eigenvalue weighted by Crippen LogP contribution is 2.30. The number of benzene rings is 1. The number of nitrogens with one attached hydrogen (secondary N) is 1. The minimum Gasteiger partial charge on any atom is -0.310 e. The summed E-state index contributed by atoms with van der Waals surface area (Å²) in [6.45, 7) is 3.27. The van der Waals surface area contributed by atoms with Gasteiger partial charge in [-0.2, -0.15) is 0 Å². The van der Waals surface area contributed by atoms with E-state index in [1.54, 1.807) is 0 Å². The van der Waals surface area contributed by atoms with Crippen molar-refractivity contribution in [2.75, 3.05) is 6.54 Å². The van der Waals surface area contributed by atoms with Gasteiger partial charge in [0.05, 0.1) is 0 Å². The Hall–Kier alpha value is -0.820. The summed E-state index contributed by atoms with van der Waals surface area (Å²) in [6, 6.07) is 11.5. The summed E-state index contributed by atoms with van der Waals surface area (Å²) >= 11 is 0. The lowest BCUT2D eigenvalue weighted by atomic mass is 9.89. The zero-order chi connectivity index (χ0) is 12.6. The highest BCUT2D eigenvalue weighted by atomic mass is 14.9. The van der Waals surface area contributed by atoms with Crippen LogP contribution in [0.2, 0.25) is 0 Å². The Balaban J connectivity index is 1.97. The lowest BCUT2D eigenvalue weighted by molar-refractivity contribution is 0.360. The van der Waals surface area contributed by atoms with Crippen molar-refractivity contribution in [2.45, 2.75) is 57.9 Å². The van der Waals surface area contributed by atoms with Gasteiger partial charge in [0.1, 0.15) is 0 Å². The van der Waals surface area contributed by atoms with Gasteiger partial charge >= 0.3 is 0 Å². The molecule has 1 saturated carbocycles. The summed E-state index contributed by atoms with van der Waals surface area (Å²) < 4.78 is 0. The summed E-state index contributed by atoms with van der Waals surface area (Å²) in [5.74, 6) is 0.928. The molecule has 100 valence electrons. The van der Waals surface area contributed by atoms with Gasteiger partial charge in [-0.15, -0.1) is 0 Å². The minimum atomic E-state index is 0.555. The molecule has 1 atom stereocenters. The van der Waals surface area contributed by atoms with Gasteiger partial charge in [-0.05, 0) is 24.4 Å². The van der Waals surface area contributed by atoms with Crippen LogP contribution in [0.15, 0.2) is 30.3 Å². The molecule has 1 heteroatoms. The molecule has 2 rings (SSSR count). The first-order valence-corrected chi connectivity index (χ1v) is 7.68. The molecule has 1 aliphatic rings. The Morgan fingerprint density at radius 1 is 1.06 bits per heavy atom. The molecular formula is C17H27N. The van der Waals surface area contributed by atoms with Crippen molar-refractivity contribution in [3.8, 4) is 0 Å². The average molecular weight is 245 g/mol. The minimum absolute atomic E-state index is 0.555. The number of hydrogen-bond acceptors (Lipinski definition) is 1. The summed E-state index contributed by atoms with van der Waals surface area (Å²) in [6.07, 6.45) is 9.99. The molecular weight excluding hydrogens is 218 g/mol. The molecule has 1 N–H and O–H groups in total. The van der Waals surface area contributed by atoms with Crippen LogP contribution in [0.3, 0.4) is 0 Å². The van der Waals surface area contributed by atoms with E-state index in [0.717, 1.165) is 12.5 Å². The maximum Gasteiger partial charge on any atom is 0.0322 e. The van der Waals surface area contributed by atoms with Crippen LogP contribution in [0.1, 0.15) is 63.5 Å². The van der Waals surface area contributed by atoms with E-state index in [9.17, 15) is 0 Å². The average Bonchev–Trinajstić information content (AvgIpc) is 2.68. The van der Waals surface area contributed by atoms with Gasteiger partial charge in [-0.25, -0.2) is 0 Å². The first kappa shape index (κ1) is 13.6. The van der Waals surface area contributed by atoms with E-state index in [1.807, 2.05) is 0 Å². The van der Waals surface area contributed by atoms with Gasteiger partial charge in [0.15, 0.2) is 0 Å². The maximum absolute atomic E-state index is 3.67. The van der Waals surface area contributed by atoms with Gasteiger partial charge in [0.25, 0.3) is 0 Å². The Morgan fingerprint density at radius 3 is 2.33 bits per heavy atom. The van der Waals surface area contributed by atoms with Gasteiger partial charge < -0.3 is 5.32 Å². The summed E-state index contributed by atoms with van der Waals surface area (Å²) in [4.78, 5) is 0. The van der Waals surface area contributed by atoms with E-state index >= 15 is 0 Å². The van der Waals surface area contributed by atoms with E-state index < -0.39 is 0 Å². The third-order valence-corrected chi connectivity index (χ3v) is 4.20. The second-order valence-electron chi connectivity index (χ2n) is 5.61. The molecule has 0 spiro atoms. The van der Waals surface area contributed by atoms with Gasteiger partial charge in [0.2, 0.25) is 0 Å².